The van der Waals surface area contributed by atoms with Gasteiger partial charge in [0.25, 0.3) is 0 Å². The summed E-state index contributed by atoms with van der Waals surface area (Å²) in [5, 5.41) is 5.97. The maximum Gasteiger partial charge on any atom is 0.204 e. The minimum atomic E-state index is -0.0865. The van der Waals surface area contributed by atoms with Crippen molar-refractivity contribution >= 4 is 23.3 Å². The number of aromatic nitrogens is 1. The molecule has 28 heavy (non-hydrogen) atoms. The molecule has 1 aromatic carbocycles. The van der Waals surface area contributed by atoms with Crippen molar-refractivity contribution < 1.29 is 14.4 Å². The molecule has 6 heteroatoms. The van der Waals surface area contributed by atoms with Gasteiger partial charge in [0.2, 0.25) is 5.78 Å². The fraction of sp³-hybridized carbons (Fsp3) is 0.273. The van der Waals surface area contributed by atoms with Gasteiger partial charge >= 0.3 is 0 Å². The van der Waals surface area contributed by atoms with Crippen LogP contribution in [0.1, 0.15) is 39.1 Å². The molecule has 0 saturated carbocycles. The number of thiophene rings is 1. The number of oxime groups is 1. The highest BCUT2D eigenvalue weighted by atomic mass is 32.1. The lowest BCUT2D eigenvalue weighted by Crippen LogP contribution is -2.09. The largest absolute Gasteiger partial charge is 0.494 e. The number of rotatable bonds is 9. The Balaban J connectivity index is 1.57. The van der Waals surface area contributed by atoms with Crippen molar-refractivity contribution in [3.05, 3.63) is 75.2 Å². The average molecular weight is 397 g/mol. The van der Waals surface area contributed by atoms with Crippen molar-refractivity contribution in [2.24, 2.45) is 5.16 Å². The Kier molecular flexibility index (Phi) is 6.66. The van der Waals surface area contributed by atoms with E-state index in [1.807, 2.05) is 57.2 Å². The first kappa shape index (κ1) is 19.9. The predicted molar refractivity (Wildman–Crippen MR) is 113 cm³/mol. The second-order valence-electron chi connectivity index (χ2n) is 6.38. The van der Waals surface area contributed by atoms with E-state index in [2.05, 4.69) is 21.2 Å². The van der Waals surface area contributed by atoms with Gasteiger partial charge in [0.1, 0.15) is 5.75 Å². The zero-order valence-electron chi connectivity index (χ0n) is 16.3. The van der Waals surface area contributed by atoms with Crippen molar-refractivity contribution in [1.29, 1.82) is 0 Å². The highest BCUT2D eigenvalue weighted by molar-refractivity contribution is 7.09. The summed E-state index contributed by atoms with van der Waals surface area (Å²) in [5.41, 5.74) is 3.58. The SMILES string of the molecule is CCOc1ccc(/C=N\OCC(=O)c2cc(C)n(Cc3cccs3)c2C)cc1. The van der Waals surface area contributed by atoms with Crippen LogP contribution in [0.5, 0.6) is 5.75 Å². The summed E-state index contributed by atoms with van der Waals surface area (Å²) in [6, 6.07) is 13.6. The second-order valence-corrected chi connectivity index (χ2v) is 7.42. The van der Waals surface area contributed by atoms with Gasteiger partial charge in [-0.25, -0.2) is 0 Å². The number of nitrogens with zero attached hydrogens (tertiary/aromatic N) is 2. The number of benzene rings is 1. The standard InChI is InChI=1S/C22H24N2O3S/c1-4-26-19-9-7-18(8-10-19)13-23-27-15-22(25)21-12-16(2)24(17(21)3)14-20-6-5-11-28-20/h5-13H,4,14-15H2,1-3H3/b23-13-. The first-order valence-corrected chi connectivity index (χ1v) is 10.1. The topological polar surface area (TPSA) is 52.8 Å². The fourth-order valence-electron chi connectivity index (χ4n) is 2.97. The molecule has 0 aliphatic heterocycles. The molecule has 0 saturated heterocycles. The van der Waals surface area contributed by atoms with Crippen molar-refractivity contribution in [3.63, 3.8) is 0 Å². The molecule has 2 aromatic heterocycles. The summed E-state index contributed by atoms with van der Waals surface area (Å²) in [4.78, 5) is 19.0. The van der Waals surface area contributed by atoms with E-state index in [4.69, 9.17) is 9.57 Å². The molecule has 3 aromatic rings. The minimum Gasteiger partial charge on any atom is -0.494 e. The normalized spacial score (nSPS) is 11.1. The molecule has 0 atom stereocenters. The predicted octanol–water partition coefficient (Wildman–Crippen LogP) is 4.85. The fourth-order valence-corrected chi connectivity index (χ4v) is 3.67. The van der Waals surface area contributed by atoms with E-state index in [1.165, 1.54) is 4.88 Å². The zero-order valence-corrected chi connectivity index (χ0v) is 17.2. The highest BCUT2D eigenvalue weighted by Crippen LogP contribution is 2.20. The van der Waals surface area contributed by atoms with Crippen LogP contribution in [0.4, 0.5) is 0 Å². The van der Waals surface area contributed by atoms with E-state index < -0.39 is 0 Å². The van der Waals surface area contributed by atoms with Crippen molar-refractivity contribution in [2.45, 2.75) is 27.3 Å². The number of ether oxygens (including phenoxy) is 1. The van der Waals surface area contributed by atoms with E-state index in [9.17, 15) is 4.79 Å². The molecule has 0 unspecified atom stereocenters. The van der Waals surface area contributed by atoms with Gasteiger partial charge in [0.05, 0.1) is 19.4 Å². The first-order valence-electron chi connectivity index (χ1n) is 9.19. The molecule has 5 nitrogen and oxygen atoms in total. The third-order valence-corrected chi connectivity index (χ3v) is 5.29. The highest BCUT2D eigenvalue weighted by Gasteiger charge is 2.16. The third kappa shape index (κ3) is 4.89. The lowest BCUT2D eigenvalue weighted by molar-refractivity contribution is 0.0778. The second kappa shape index (κ2) is 9.37. The number of hydrogen-bond acceptors (Lipinski definition) is 5. The van der Waals surface area contributed by atoms with Crippen LogP contribution in [0.25, 0.3) is 0 Å². The smallest absolute Gasteiger partial charge is 0.204 e. The first-order chi connectivity index (χ1) is 13.6. The van der Waals surface area contributed by atoms with Gasteiger partial charge < -0.3 is 14.1 Å². The van der Waals surface area contributed by atoms with E-state index in [0.717, 1.165) is 29.2 Å². The van der Waals surface area contributed by atoms with Gasteiger partial charge in [0.15, 0.2) is 6.61 Å². The molecule has 0 radical (unpaired) electrons. The molecule has 146 valence electrons. The van der Waals surface area contributed by atoms with Crippen LogP contribution >= 0.6 is 11.3 Å². The number of carbonyl (C=O) groups is 1. The monoisotopic (exact) mass is 396 g/mol. The lowest BCUT2D eigenvalue weighted by Gasteiger charge is -2.08. The van der Waals surface area contributed by atoms with Crippen molar-refractivity contribution in [1.82, 2.24) is 4.57 Å². The molecule has 3 rings (SSSR count). The van der Waals surface area contributed by atoms with Crippen LogP contribution < -0.4 is 4.74 Å². The van der Waals surface area contributed by atoms with Crippen molar-refractivity contribution in [3.8, 4) is 5.75 Å². The van der Waals surface area contributed by atoms with Gasteiger partial charge in [-0.05, 0) is 68.1 Å². The Labute approximate surface area is 169 Å². The van der Waals surface area contributed by atoms with Gasteiger partial charge in [0, 0.05) is 21.8 Å². The van der Waals surface area contributed by atoms with Crippen LogP contribution in [0.15, 0.2) is 53.0 Å². The Morgan fingerprint density at radius 3 is 2.68 bits per heavy atom. The van der Waals surface area contributed by atoms with Gasteiger partial charge in [-0.2, -0.15) is 0 Å². The molecule has 0 N–H and O–H groups in total. The minimum absolute atomic E-state index is 0.0747. The van der Waals surface area contributed by atoms with Gasteiger partial charge in [-0.3, -0.25) is 4.79 Å². The van der Waals surface area contributed by atoms with Crippen LogP contribution in [0.3, 0.4) is 0 Å². The van der Waals surface area contributed by atoms with E-state index >= 15 is 0 Å². The summed E-state index contributed by atoms with van der Waals surface area (Å²) in [6.07, 6.45) is 1.59. The average Bonchev–Trinajstić information content (AvgIpc) is 3.30. The number of hydrogen-bond donors (Lipinski definition) is 0. The van der Waals surface area contributed by atoms with Crippen LogP contribution in [0, 0.1) is 13.8 Å². The maximum atomic E-state index is 12.5. The molecular formula is C22H24N2O3S. The molecule has 0 amide bonds. The molecular weight excluding hydrogens is 372 g/mol. The number of carbonyl (C=O) groups excluding carboxylic acids is 1. The third-order valence-electron chi connectivity index (χ3n) is 4.43. The summed E-state index contributed by atoms with van der Waals surface area (Å²) in [6.45, 7) is 7.25. The van der Waals surface area contributed by atoms with E-state index in [0.29, 0.717) is 12.2 Å². The summed E-state index contributed by atoms with van der Waals surface area (Å²) >= 11 is 1.71. The lowest BCUT2D eigenvalue weighted by atomic mass is 10.1. The number of aryl methyl sites for hydroxylation is 1. The molecule has 0 bridgehead atoms. The molecule has 2 heterocycles. The van der Waals surface area contributed by atoms with Gasteiger partial charge in [-0.1, -0.05) is 11.2 Å². The van der Waals surface area contributed by atoms with E-state index in [1.54, 1.807) is 17.6 Å². The summed E-state index contributed by atoms with van der Waals surface area (Å²) < 4.78 is 7.56. The summed E-state index contributed by atoms with van der Waals surface area (Å²) in [7, 11) is 0. The maximum absolute atomic E-state index is 12.5. The van der Waals surface area contributed by atoms with Crippen LogP contribution in [-0.2, 0) is 11.4 Å². The Hall–Kier alpha value is -2.86. The van der Waals surface area contributed by atoms with Crippen LogP contribution in [-0.4, -0.2) is 29.8 Å². The number of ketones is 1. The number of Topliss-reactive ketones (excluding diaryl/α,β-unsaturated/α-hetero) is 1. The quantitative estimate of drug-likeness (QED) is 0.295. The van der Waals surface area contributed by atoms with Crippen LogP contribution in [0.2, 0.25) is 0 Å². The molecule has 0 aliphatic rings. The van der Waals surface area contributed by atoms with Gasteiger partial charge in [-0.15, -0.1) is 11.3 Å². The molecule has 0 spiro atoms. The Morgan fingerprint density at radius 2 is 2.00 bits per heavy atom. The van der Waals surface area contributed by atoms with Crippen molar-refractivity contribution in [2.75, 3.05) is 13.2 Å². The molecule has 0 fully saturated rings. The molecule has 0 aliphatic carbocycles. The zero-order chi connectivity index (χ0) is 19.9. The summed E-state index contributed by atoms with van der Waals surface area (Å²) in [5.74, 6) is 0.739. The Morgan fingerprint density at radius 1 is 1.21 bits per heavy atom. The van der Waals surface area contributed by atoms with E-state index in [-0.39, 0.29) is 12.4 Å². The Bertz CT molecular complexity index is 941.